The van der Waals surface area contributed by atoms with Crippen LogP contribution in [0, 0.1) is 5.92 Å². The Bertz CT molecular complexity index is 957. The van der Waals surface area contributed by atoms with Gasteiger partial charge in [0, 0.05) is 26.7 Å². The van der Waals surface area contributed by atoms with Gasteiger partial charge in [-0.3, -0.25) is 4.79 Å². The maximum absolute atomic E-state index is 12.0. The number of carbonyl (C=O) groups is 1. The summed E-state index contributed by atoms with van der Waals surface area (Å²) in [4.78, 5) is 19.3. The molecular weight excluding hydrogens is 434 g/mol. The molecule has 186 valence electrons. The molecule has 2 aliphatic rings. The summed E-state index contributed by atoms with van der Waals surface area (Å²) >= 11 is 0. The Balaban J connectivity index is 1.49. The van der Waals surface area contributed by atoms with Crippen molar-refractivity contribution in [2.45, 2.75) is 71.7 Å². The molecule has 0 saturated carbocycles. The Morgan fingerprint density at radius 1 is 1.21 bits per heavy atom. The van der Waals surface area contributed by atoms with E-state index >= 15 is 0 Å². The number of hydrogen-bond donors (Lipinski definition) is 0. The molecule has 9 heteroatoms. The third-order valence-corrected chi connectivity index (χ3v) is 6.63. The molecule has 34 heavy (non-hydrogen) atoms. The predicted molar refractivity (Wildman–Crippen MR) is 128 cm³/mol. The Hall–Kier alpha value is -2.52. The SMILES string of the molecule is CCOC(=O)C[C@H]1CCCN(c2ccc(-c3nnn(C)c3COC3CCCCO3)nc2CC)C1. The van der Waals surface area contributed by atoms with Crippen molar-refractivity contribution in [1.29, 1.82) is 0 Å². The van der Waals surface area contributed by atoms with Crippen LogP contribution in [0.25, 0.3) is 11.4 Å². The first-order chi connectivity index (χ1) is 16.6. The van der Waals surface area contributed by atoms with Crippen molar-refractivity contribution in [3.05, 3.63) is 23.5 Å². The van der Waals surface area contributed by atoms with Gasteiger partial charge in [0.05, 0.1) is 42.4 Å². The minimum atomic E-state index is -0.167. The minimum Gasteiger partial charge on any atom is -0.466 e. The topological polar surface area (TPSA) is 91.6 Å². The van der Waals surface area contributed by atoms with Crippen molar-refractivity contribution in [3.8, 4) is 11.4 Å². The Labute approximate surface area is 201 Å². The fourth-order valence-corrected chi connectivity index (χ4v) is 4.83. The highest BCUT2D eigenvalue weighted by Crippen LogP contribution is 2.30. The molecule has 0 radical (unpaired) electrons. The zero-order chi connectivity index (χ0) is 23.9. The number of pyridine rings is 1. The monoisotopic (exact) mass is 471 g/mol. The van der Waals surface area contributed by atoms with E-state index in [1.165, 1.54) is 0 Å². The Kier molecular flexibility index (Phi) is 8.50. The summed E-state index contributed by atoms with van der Waals surface area (Å²) in [5, 5.41) is 8.62. The highest BCUT2D eigenvalue weighted by molar-refractivity contribution is 5.70. The van der Waals surface area contributed by atoms with Crippen LogP contribution >= 0.6 is 0 Å². The average molecular weight is 472 g/mol. The number of rotatable bonds is 9. The van der Waals surface area contributed by atoms with Crippen LogP contribution in [-0.2, 0) is 39.1 Å². The fraction of sp³-hybridized carbons (Fsp3) is 0.680. The van der Waals surface area contributed by atoms with Crippen molar-refractivity contribution in [2.24, 2.45) is 13.0 Å². The van der Waals surface area contributed by atoms with Crippen molar-refractivity contribution in [1.82, 2.24) is 20.0 Å². The molecule has 0 bridgehead atoms. The third-order valence-electron chi connectivity index (χ3n) is 6.63. The molecule has 9 nitrogen and oxygen atoms in total. The average Bonchev–Trinajstić information content (AvgIpc) is 3.23. The van der Waals surface area contributed by atoms with Gasteiger partial charge in [-0.25, -0.2) is 9.67 Å². The maximum atomic E-state index is 12.0. The van der Waals surface area contributed by atoms with Crippen molar-refractivity contribution < 1.29 is 19.0 Å². The number of esters is 1. The molecule has 0 aromatic carbocycles. The molecule has 2 aliphatic heterocycles. The van der Waals surface area contributed by atoms with Crippen molar-refractivity contribution in [3.63, 3.8) is 0 Å². The summed E-state index contributed by atoms with van der Waals surface area (Å²) in [6.07, 6.45) is 6.37. The summed E-state index contributed by atoms with van der Waals surface area (Å²) in [7, 11) is 1.88. The lowest BCUT2D eigenvalue weighted by Crippen LogP contribution is -2.37. The predicted octanol–water partition coefficient (Wildman–Crippen LogP) is 3.65. The van der Waals surface area contributed by atoms with Gasteiger partial charge < -0.3 is 19.1 Å². The smallest absolute Gasteiger partial charge is 0.306 e. The normalized spacial score (nSPS) is 21.0. The first-order valence-electron chi connectivity index (χ1n) is 12.6. The second kappa shape index (κ2) is 11.8. The van der Waals surface area contributed by atoms with Gasteiger partial charge >= 0.3 is 5.97 Å². The van der Waals surface area contributed by atoms with E-state index in [2.05, 4.69) is 28.2 Å². The van der Waals surface area contributed by atoms with Gasteiger partial charge in [0.1, 0.15) is 5.69 Å². The van der Waals surface area contributed by atoms with Gasteiger partial charge in [-0.15, -0.1) is 5.10 Å². The second-order valence-corrected chi connectivity index (χ2v) is 9.09. The summed E-state index contributed by atoms with van der Waals surface area (Å²) in [5.41, 5.74) is 4.61. The van der Waals surface area contributed by atoms with E-state index in [0.29, 0.717) is 25.6 Å². The van der Waals surface area contributed by atoms with E-state index in [1.54, 1.807) is 4.68 Å². The number of anilines is 1. The standard InChI is InChI=1S/C25H37N5O4/c1-4-19-21(30-13-8-9-18(16-30)15-23(31)32-5-2)12-11-20(26-19)25-22(29(3)28-27-25)17-34-24-10-6-7-14-33-24/h11-12,18,24H,4-10,13-17H2,1-3H3/t18-,24?/m1/s1. The number of piperidine rings is 1. The number of carbonyl (C=O) groups excluding carboxylic acids is 1. The van der Waals surface area contributed by atoms with Gasteiger partial charge in [0.2, 0.25) is 0 Å². The molecule has 0 amide bonds. The van der Waals surface area contributed by atoms with E-state index in [-0.39, 0.29) is 12.3 Å². The third kappa shape index (κ3) is 5.93. The van der Waals surface area contributed by atoms with Crippen LogP contribution in [-0.4, -0.2) is 58.5 Å². The molecular formula is C25H37N5O4. The molecule has 2 fully saturated rings. The molecule has 4 rings (SSSR count). The van der Waals surface area contributed by atoms with Crippen LogP contribution in [0.3, 0.4) is 0 Å². The Morgan fingerprint density at radius 2 is 2.09 bits per heavy atom. The maximum Gasteiger partial charge on any atom is 0.306 e. The molecule has 2 atom stereocenters. The van der Waals surface area contributed by atoms with E-state index in [9.17, 15) is 4.79 Å². The fourth-order valence-electron chi connectivity index (χ4n) is 4.83. The van der Waals surface area contributed by atoms with Gasteiger partial charge in [-0.05, 0) is 63.5 Å². The molecule has 0 aliphatic carbocycles. The number of nitrogens with zero attached hydrogens (tertiary/aromatic N) is 5. The molecule has 2 aromatic rings. The van der Waals surface area contributed by atoms with Gasteiger partial charge in [-0.2, -0.15) is 0 Å². The second-order valence-electron chi connectivity index (χ2n) is 9.09. The highest BCUT2D eigenvalue weighted by Gasteiger charge is 2.25. The van der Waals surface area contributed by atoms with Gasteiger partial charge in [0.25, 0.3) is 0 Å². The molecule has 2 saturated heterocycles. The summed E-state index contributed by atoms with van der Waals surface area (Å²) in [6, 6.07) is 4.16. The number of aromatic nitrogens is 4. The molecule has 1 unspecified atom stereocenters. The quantitative estimate of drug-likeness (QED) is 0.512. The summed E-state index contributed by atoms with van der Waals surface area (Å²) in [5.74, 6) is 0.206. The first-order valence-corrected chi connectivity index (χ1v) is 12.6. The molecule has 4 heterocycles. The largest absolute Gasteiger partial charge is 0.466 e. The van der Waals surface area contributed by atoms with E-state index in [4.69, 9.17) is 19.2 Å². The van der Waals surface area contributed by atoms with Crippen LogP contribution in [0.5, 0.6) is 0 Å². The van der Waals surface area contributed by atoms with Crippen molar-refractivity contribution in [2.75, 3.05) is 31.2 Å². The summed E-state index contributed by atoms with van der Waals surface area (Å²) < 4.78 is 18.6. The van der Waals surface area contributed by atoms with E-state index in [1.807, 2.05) is 20.0 Å². The lowest BCUT2D eigenvalue weighted by molar-refractivity contribution is -0.169. The van der Waals surface area contributed by atoms with Crippen LogP contribution < -0.4 is 4.90 Å². The number of hydrogen-bond acceptors (Lipinski definition) is 8. The van der Waals surface area contributed by atoms with Crippen LogP contribution in [0.1, 0.15) is 63.8 Å². The van der Waals surface area contributed by atoms with Crippen LogP contribution in [0.15, 0.2) is 12.1 Å². The summed E-state index contributed by atoms with van der Waals surface area (Å²) in [6.45, 7) is 7.36. The van der Waals surface area contributed by atoms with Gasteiger partial charge in [0.15, 0.2) is 6.29 Å². The minimum absolute atomic E-state index is 0.102. The first kappa shape index (κ1) is 24.6. The zero-order valence-electron chi connectivity index (χ0n) is 20.7. The number of ether oxygens (including phenoxy) is 3. The van der Waals surface area contributed by atoms with Crippen molar-refractivity contribution >= 4 is 11.7 Å². The molecule has 0 N–H and O–H groups in total. The van der Waals surface area contributed by atoms with Gasteiger partial charge in [-0.1, -0.05) is 12.1 Å². The lowest BCUT2D eigenvalue weighted by atomic mass is 9.94. The number of aryl methyl sites for hydroxylation is 2. The lowest BCUT2D eigenvalue weighted by Gasteiger charge is -2.35. The Morgan fingerprint density at radius 3 is 2.85 bits per heavy atom. The molecule has 0 spiro atoms. The molecule has 2 aromatic heterocycles. The van der Waals surface area contributed by atoms with Crippen LogP contribution in [0.2, 0.25) is 0 Å². The zero-order valence-corrected chi connectivity index (χ0v) is 20.7. The highest BCUT2D eigenvalue weighted by atomic mass is 16.7. The van der Waals surface area contributed by atoms with E-state index < -0.39 is 0 Å². The van der Waals surface area contributed by atoms with Crippen LogP contribution in [0.4, 0.5) is 5.69 Å². The van der Waals surface area contributed by atoms with E-state index in [0.717, 1.165) is 86.7 Å².